The summed E-state index contributed by atoms with van der Waals surface area (Å²) >= 11 is 0. The van der Waals surface area contributed by atoms with Gasteiger partial charge in [0.05, 0.1) is 24.6 Å². The van der Waals surface area contributed by atoms with Gasteiger partial charge >= 0.3 is 0 Å². The first-order valence-electron chi connectivity index (χ1n) is 10.1. The number of allylic oxidation sites excluding steroid dienone is 2. The normalized spacial score (nSPS) is 14.9. The van der Waals surface area contributed by atoms with Crippen LogP contribution in [0.3, 0.4) is 0 Å². The van der Waals surface area contributed by atoms with Crippen molar-refractivity contribution in [2.45, 2.75) is 38.8 Å². The van der Waals surface area contributed by atoms with Crippen molar-refractivity contribution in [3.63, 3.8) is 0 Å². The summed E-state index contributed by atoms with van der Waals surface area (Å²) in [4.78, 5) is 16.1. The Labute approximate surface area is 182 Å². The summed E-state index contributed by atoms with van der Waals surface area (Å²) in [5.41, 5.74) is 21.5. The number of nitrogen functional groups attached to an aromatic ring is 2. The maximum Gasteiger partial charge on any atom is 0.130 e. The lowest BCUT2D eigenvalue weighted by Gasteiger charge is -2.11. The average Bonchev–Trinajstić information content (AvgIpc) is 3.41. The molecule has 2 aliphatic carbocycles. The molecule has 10 heteroatoms. The second kappa shape index (κ2) is 12.1. The Kier molecular flexibility index (Phi) is 9.47. The molecule has 0 aromatic carbocycles. The molecule has 2 atom stereocenters. The van der Waals surface area contributed by atoms with Gasteiger partial charge in [-0.25, -0.2) is 19.9 Å². The van der Waals surface area contributed by atoms with E-state index in [2.05, 4.69) is 31.3 Å². The van der Waals surface area contributed by atoms with Crippen LogP contribution in [0.4, 0.5) is 11.6 Å². The van der Waals surface area contributed by atoms with Crippen molar-refractivity contribution in [2.24, 2.45) is 5.73 Å². The number of hydrogen-bond donors (Lipinski definition) is 6. The molecule has 0 radical (unpaired) electrons. The van der Waals surface area contributed by atoms with Gasteiger partial charge in [-0.15, -0.1) is 0 Å². The zero-order chi connectivity index (χ0) is 22.8. The average molecular weight is 429 g/mol. The SMILES string of the molecule is C[C@@H](CO)NCC1=CCc2c(N)ncnc21.C[C@H](N)CO.Nc1ncnc2c1CC=C2. The number of fused-ring (bicyclic) bond motifs is 2. The molecule has 0 fully saturated rings. The first-order valence-corrected chi connectivity index (χ1v) is 10.1. The number of hydrogen-bond acceptors (Lipinski definition) is 10. The lowest BCUT2D eigenvalue weighted by atomic mass is 10.2. The van der Waals surface area contributed by atoms with E-state index in [0.717, 1.165) is 40.9 Å². The van der Waals surface area contributed by atoms with E-state index in [1.807, 2.05) is 19.1 Å². The summed E-state index contributed by atoms with van der Waals surface area (Å²) in [5, 5.41) is 20.2. The summed E-state index contributed by atoms with van der Waals surface area (Å²) in [6, 6.07) is 0.0270. The van der Waals surface area contributed by atoms with Crippen LogP contribution in [0.2, 0.25) is 0 Å². The van der Waals surface area contributed by atoms with Crippen LogP contribution in [0.5, 0.6) is 0 Å². The molecule has 4 rings (SSSR count). The topological polar surface area (TPSA) is 182 Å². The van der Waals surface area contributed by atoms with Gasteiger partial charge in [-0.2, -0.15) is 0 Å². The third kappa shape index (κ3) is 7.07. The molecule has 168 valence electrons. The van der Waals surface area contributed by atoms with Gasteiger partial charge in [0.25, 0.3) is 0 Å². The minimum atomic E-state index is -0.0602. The van der Waals surface area contributed by atoms with E-state index in [-0.39, 0.29) is 25.3 Å². The van der Waals surface area contributed by atoms with Gasteiger partial charge in [-0.3, -0.25) is 0 Å². The number of anilines is 2. The Morgan fingerprint density at radius 1 is 0.968 bits per heavy atom. The fourth-order valence-corrected chi connectivity index (χ4v) is 2.81. The van der Waals surface area contributed by atoms with Crippen LogP contribution in [0, 0.1) is 0 Å². The highest BCUT2D eigenvalue weighted by Gasteiger charge is 2.18. The first kappa shape index (κ1) is 24.4. The van der Waals surface area contributed by atoms with Gasteiger partial charge in [-0.05, 0) is 38.3 Å². The van der Waals surface area contributed by atoms with E-state index in [1.54, 1.807) is 6.92 Å². The number of nitrogens with two attached hydrogens (primary N) is 3. The largest absolute Gasteiger partial charge is 0.395 e. The van der Waals surface area contributed by atoms with E-state index in [9.17, 15) is 0 Å². The predicted molar refractivity (Wildman–Crippen MR) is 123 cm³/mol. The number of nitrogens with one attached hydrogen (secondary N) is 1. The molecule has 0 bridgehead atoms. The summed E-state index contributed by atoms with van der Waals surface area (Å²) in [5.74, 6) is 1.17. The van der Waals surface area contributed by atoms with Crippen LogP contribution in [-0.2, 0) is 12.8 Å². The Morgan fingerprint density at radius 3 is 2.23 bits per heavy atom. The van der Waals surface area contributed by atoms with Crippen molar-refractivity contribution in [2.75, 3.05) is 31.2 Å². The zero-order valence-corrected chi connectivity index (χ0v) is 18.0. The van der Waals surface area contributed by atoms with Crippen LogP contribution in [0.1, 0.15) is 36.4 Å². The second-order valence-corrected chi connectivity index (χ2v) is 7.37. The first-order chi connectivity index (χ1) is 14.9. The summed E-state index contributed by atoms with van der Waals surface area (Å²) in [6.07, 6.45) is 10.8. The van der Waals surface area contributed by atoms with Gasteiger partial charge in [-0.1, -0.05) is 12.2 Å². The third-order valence-electron chi connectivity index (χ3n) is 4.65. The molecule has 0 spiro atoms. The lowest BCUT2D eigenvalue weighted by Crippen LogP contribution is -2.30. The molecule has 0 unspecified atom stereocenters. The minimum absolute atomic E-state index is 0.0602. The molecule has 0 saturated carbocycles. The molecule has 2 heterocycles. The van der Waals surface area contributed by atoms with E-state index in [0.29, 0.717) is 18.2 Å². The molecule has 2 aliphatic rings. The van der Waals surface area contributed by atoms with E-state index >= 15 is 0 Å². The third-order valence-corrected chi connectivity index (χ3v) is 4.65. The molecule has 2 aromatic heterocycles. The lowest BCUT2D eigenvalue weighted by molar-refractivity contribution is 0.255. The Balaban J connectivity index is 0.000000193. The molecular weight excluding hydrogens is 396 g/mol. The molecule has 0 aliphatic heterocycles. The predicted octanol–water partition coefficient (Wildman–Crippen LogP) is -0.0773. The molecule has 2 aromatic rings. The van der Waals surface area contributed by atoms with Crippen molar-refractivity contribution in [3.05, 3.63) is 47.3 Å². The standard InChI is InChI=1S/C11H16N4O.C7H7N3.C3H9NO/c1-7(5-16)13-4-8-2-3-9-10(8)14-6-15-11(9)12;8-7-5-2-1-3-6(5)9-4-10-7;1-3(4)2-5/h2,6-7,13,16H,3-5H2,1H3,(H2,12,14,15);1,3-4H,2H2,(H2,8,9,10);3,5H,2,4H2,1H3/t7-;;3-/m0.0/s1. The molecule has 10 nitrogen and oxygen atoms in total. The Morgan fingerprint density at radius 2 is 1.61 bits per heavy atom. The van der Waals surface area contributed by atoms with Gasteiger partial charge in [0, 0.05) is 29.8 Å². The monoisotopic (exact) mass is 428 g/mol. The van der Waals surface area contributed by atoms with Crippen LogP contribution in [0.25, 0.3) is 11.6 Å². The molecule has 31 heavy (non-hydrogen) atoms. The van der Waals surface area contributed by atoms with Gasteiger partial charge in [0.1, 0.15) is 24.3 Å². The van der Waals surface area contributed by atoms with Gasteiger partial charge < -0.3 is 32.7 Å². The number of aliphatic hydroxyl groups excluding tert-OH is 2. The molecular formula is C21H32N8O2. The zero-order valence-electron chi connectivity index (χ0n) is 18.0. The van der Waals surface area contributed by atoms with Crippen LogP contribution >= 0.6 is 0 Å². The fraction of sp³-hybridized carbons (Fsp3) is 0.429. The van der Waals surface area contributed by atoms with Crippen molar-refractivity contribution in [3.8, 4) is 0 Å². The van der Waals surface area contributed by atoms with E-state index in [4.69, 9.17) is 27.4 Å². The van der Waals surface area contributed by atoms with Crippen molar-refractivity contribution >= 4 is 23.3 Å². The smallest absolute Gasteiger partial charge is 0.130 e. The Hall–Kier alpha value is -2.92. The number of aromatic nitrogens is 4. The number of aliphatic hydroxyl groups is 2. The molecule has 0 amide bonds. The van der Waals surface area contributed by atoms with E-state index in [1.165, 1.54) is 12.7 Å². The highest BCUT2D eigenvalue weighted by Crippen LogP contribution is 2.27. The van der Waals surface area contributed by atoms with Crippen molar-refractivity contribution in [1.82, 2.24) is 25.3 Å². The highest BCUT2D eigenvalue weighted by atomic mass is 16.3. The molecule has 0 saturated heterocycles. The summed E-state index contributed by atoms with van der Waals surface area (Å²) < 4.78 is 0. The fourth-order valence-electron chi connectivity index (χ4n) is 2.81. The summed E-state index contributed by atoms with van der Waals surface area (Å²) in [6.45, 7) is 4.60. The minimum Gasteiger partial charge on any atom is -0.395 e. The Bertz CT molecular complexity index is 914. The van der Waals surface area contributed by atoms with E-state index < -0.39 is 0 Å². The maximum absolute atomic E-state index is 8.92. The van der Waals surface area contributed by atoms with Crippen molar-refractivity contribution < 1.29 is 10.2 Å². The number of rotatable bonds is 5. The quantitative estimate of drug-likeness (QED) is 0.377. The second-order valence-electron chi connectivity index (χ2n) is 7.37. The van der Waals surface area contributed by atoms with Crippen molar-refractivity contribution in [1.29, 1.82) is 0 Å². The van der Waals surface area contributed by atoms with Gasteiger partial charge in [0.2, 0.25) is 0 Å². The summed E-state index contributed by atoms with van der Waals surface area (Å²) in [7, 11) is 0. The maximum atomic E-state index is 8.92. The van der Waals surface area contributed by atoms with Gasteiger partial charge in [0.15, 0.2) is 0 Å². The highest BCUT2D eigenvalue weighted by molar-refractivity contribution is 5.74. The van der Waals surface area contributed by atoms with Crippen LogP contribution < -0.4 is 22.5 Å². The van der Waals surface area contributed by atoms with Crippen LogP contribution in [-0.4, -0.2) is 62.0 Å². The number of nitrogens with zero attached hydrogens (tertiary/aromatic N) is 4. The van der Waals surface area contributed by atoms with Crippen LogP contribution in [0.15, 0.2) is 24.8 Å². The molecule has 9 N–H and O–H groups in total.